The van der Waals surface area contributed by atoms with Crippen LogP contribution in [0, 0.1) is 0 Å². The molecule has 1 saturated heterocycles. The van der Waals surface area contributed by atoms with E-state index in [0.717, 1.165) is 0 Å². The fourth-order valence-electron chi connectivity index (χ4n) is 1.80. The van der Waals surface area contributed by atoms with Gasteiger partial charge in [-0.1, -0.05) is 17.7 Å². The number of nitrogens with zero attached hydrogens (tertiary/aromatic N) is 1. The van der Waals surface area contributed by atoms with Crippen molar-refractivity contribution >= 4 is 23.3 Å². The lowest BCUT2D eigenvalue weighted by atomic mass is 10.1. The maximum atomic E-state index is 11.8. The molecular weight excluding hydrogens is 254 g/mol. The topological polar surface area (TPSA) is 46.6 Å². The summed E-state index contributed by atoms with van der Waals surface area (Å²) >= 11 is 5.81. The van der Waals surface area contributed by atoms with E-state index in [1.165, 1.54) is 0 Å². The Morgan fingerprint density at radius 2 is 2.06 bits per heavy atom. The zero-order valence-electron chi connectivity index (χ0n) is 9.89. The molecule has 0 saturated carbocycles. The lowest BCUT2D eigenvalue weighted by Gasteiger charge is -2.25. The fraction of sp³-hybridized carbons (Fsp3) is 0.385. The highest BCUT2D eigenvalue weighted by atomic mass is 35.5. The highest BCUT2D eigenvalue weighted by Gasteiger charge is 2.20. The number of carbonyl (C=O) groups excluding carboxylic acids is 2. The molecule has 96 valence electrons. The Kier molecular flexibility index (Phi) is 4.20. The number of hydrogen-bond donors (Lipinski definition) is 0. The van der Waals surface area contributed by atoms with Gasteiger partial charge in [-0.2, -0.15) is 0 Å². The number of ether oxygens (including phenoxy) is 1. The molecule has 1 aromatic rings. The molecule has 0 unspecified atom stereocenters. The first kappa shape index (κ1) is 12.9. The van der Waals surface area contributed by atoms with Crippen molar-refractivity contribution in [2.75, 3.05) is 19.7 Å². The Morgan fingerprint density at radius 3 is 2.72 bits per heavy atom. The van der Waals surface area contributed by atoms with Gasteiger partial charge in [0.25, 0.3) is 5.91 Å². The van der Waals surface area contributed by atoms with E-state index in [-0.39, 0.29) is 18.3 Å². The van der Waals surface area contributed by atoms with E-state index < -0.39 is 0 Å². The summed E-state index contributed by atoms with van der Waals surface area (Å²) in [5.41, 5.74) is 0. The highest BCUT2D eigenvalue weighted by Crippen LogP contribution is 2.17. The molecule has 2 rings (SSSR count). The number of halogens is 1. The largest absolute Gasteiger partial charge is 0.484 e. The number of likely N-dealkylation sites (tertiary alicyclic amines) is 1. The average molecular weight is 268 g/mol. The van der Waals surface area contributed by atoms with E-state index in [0.29, 0.717) is 36.7 Å². The third kappa shape index (κ3) is 3.47. The first-order valence-electron chi connectivity index (χ1n) is 5.83. The Morgan fingerprint density at radius 1 is 1.33 bits per heavy atom. The van der Waals surface area contributed by atoms with Gasteiger partial charge in [0.15, 0.2) is 6.61 Å². The molecule has 0 spiro atoms. The smallest absolute Gasteiger partial charge is 0.260 e. The number of hydrogen-bond acceptors (Lipinski definition) is 3. The molecule has 4 nitrogen and oxygen atoms in total. The summed E-state index contributed by atoms with van der Waals surface area (Å²) in [6.07, 6.45) is 0.895. The van der Waals surface area contributed by atoms with Gasteiger partial charge in [0, 0.05) is 31.0 Å². The molecule has 0 N–H and O–H groups in total. The normalized spacial score (nSPS) is 15.6. The Balaban J connectivity index is 1.83. The van der Waals surface area contributed by atoms with Gasteiger partial charge in [0.1, 0.15) is 11.5 Å². The quantitative estimate of drug-likeness (QED) is 0.840. The number of benzene rings is 1. The molecule has 5 heteroatoms. The molecule has 1 aliphatic heterocycles. The molecule has 0 atom stereocenters. The van der Waals surface area contributed by atoms with Crippen LogP contribution in [0.2, 0.25) is 5.02 Å². The molecule has 0 radical (unpaired) electrons. The van der Waals surface area contributed by atoms with Crippen LogP contribution in [-0.4, -0.2) is 36.3 Å². The van der Waals surface area contributed by atoms with Crippen molar-refractivity contribution in [2.24, 2.45) is 0 Å². The van der Waals surface area contributed by atoms with Gasteiger partial charge in [-0.25, -0.2) is 0 Å². The number of ketones is 1. The first-order valence-corrected chi connectivity index (χ1v) is 6.21. The van der Waals surface area contributed by atoms with Crippen LogP contribution in [0.1, 0.15) is 12.8 Å². The third-order valence-electron chi connectivity index (χ3n) is 2.83. The predicted molar refractivity (Wildman–Crippen MR) is 67.8 cm³/mol. The van der Waals surface area contributed by atoms with Gasteiger partial charge in [0.2, 0.25) is 0 Å². The van der Waals surface area contributed by atoms with Crippen molar-refractivity contribution in [1.29, 1.82) is 0 Å². The van der Waals surface area contributed by atoms with Crippen molar-refractivity contribution in [2.45, 2.75) is 12.8 Å². The van der Waals surface area contributed by atoms with Crippen LogP contribution in [0.5, 0.6) is 5.75 Å². The number of rotatable bonds is 3. The summed E-state index contributed by atoms with van der Waals surface area (Å²) in [4.78, 5) is 24.5. The molecule has 1 aliphatic rings. The Hall–Kier alpha value is -1.55. The molecule has 0 bridgehead atoms. The Bertz CT molecular complexity index is 451. The summed E-state index contributed by atoms with van der Waals surface area (Å²) in [7, 11) is 0. The zero-order valence-corrected chi connectivity index (χ0v) is 10.7. The van der Waals surface area contributed by atoms with E-state index in [2.05, 4.69) is 0 Å². The van der Waals surface area contributed by atoms with E-state index in [1.54, 1.807) is 29.2 Å². The maximum absolute atomic E-state index is 11.8. The number of amides is 1. The fourth-order valence-corrected chi connectivity index (χ4v) is 1.98. The summed E-state index contributed by atoms with van der Waals surface area (Å²) in [6.45, 7) is 0.974. The highest BCUT2D eigenvalue weighted by molar-refractivity contribution is 6.30. The number of Topliss-reactive ketones (excluding diaryl/α,β-unsaturated/α-hetero) is 1. The molecule has 1 fully saturated rings. The van der Waals surface area contributed by atoms with Gasteiger partial charge in [-0.3, -0.25) is 9.59 Å². The minimum absolute atomic E-state index is 0.0193. The van der Waals surface area contributed by atoms with Crippen molar-refractivity contribution in [3.8, 4) is 5.75 Å². The van der Waals surface area contributed by atoms with Crippen molar-refractivity contribution in [1.82, 2.24) is 4.90 Å². The van der Waals surface area contributed by atoms with Crippen LogP contribution in [-0.2, 0) is 9.59 Å². The van der Waals surface area contributed by atoms with Gasteiger partial charge in [0.05, 0.1) is 0 Å². The number of carbonyl (C=O) groups is 2. The molecule has 0 aliphatic carbocycles. The van der Waals surface area contributed by atoms with Crippen LogP contribution in [0.15, 0.2) is 24.3 Å². The standard InChI is InChI=1S/C13H14ClNO3/c14-10-2-1-3-12(8-10)18-9-13(17)15-6-4-11(16)5-7-15/h1-3,8H,4-7,9H2. The second kappa shape index (κ2) is 5.87. The van der Waals surface area contributed by atoms with Gasteiger partial charge in [-0.05, 0) is 18.2 Å². The summed E-state index contributed by atoms with van der Waals surface area (Å²) in [6, 6.07) is 6.92. The second-order valence-electron chi connectivity index (χ2n) is 4.17. The van der Waals surface area contributed by atoms with E-state index in [9.17, 15) is 9.59 Å². The van der Waals surface area contributed by atoms with E-state index in [4.69, 9.17) is 16.3 Å². The molecular formula is C13H14ClNO3. The van der Waals surface area contributed by atoms with Gasteiger partial charge in [-0.15, -0.1) is 0 Å². The van der Waals surface area contributed by atoms with Gasteiger partial charge >= 0.3 is 0 Å². The average Bonchev–Trinajstić information content (AvgIpc) is 2.37. The summed E-state index contributed by atoms with van der Waals surface area (Å²) in [5.74, 6) is 0.696. The first-order chi connectivity index (χ1) is 8.65. The van der Waals surface area contributed by atoms with Crippen LogP contribution in [0.4, 0.5) is 0 Å². The van der Waals surface area contributed by atoms with Crippen LogP contribution in [0.3, 0.4) is 0 Å². The minimum atomic E-state index is -0.0949. The third-order valence-corrected chi connectivity index (χ3v) is 3.07. The SMILES string of the molecule is O=C1CCN(C(=O)COc2cccc(Cl)c2)CC1. The monoisotopic (exact) mass is 267 g/mol. The Labute approximate surface area is 110 Å². The lowest BCUT2D eigenvalue weighted by Crippen LogP contribution is -2.41. The van der Waals surface area contributed by atoms with Gasteiger partial charge < -0.3 is 9.64 Å². The van der Waals surface area contributed by atoms with E-state index >= 15 is 0 Å². The molecule has 1 heterocycles. The minimum Gasteiger partial charge on any atom is -0.484 e. The van der Waals surface area contributed by atoms with Crippen molar-refractivity contribution < 1.29 is 14.3 Å². The number of piperidine rings is 1. The van der Waals surface area contributed by atoms with Crippen LogP contribution >= 0.6 is 11.6 Å². The summed E-state index contributed by atoms with van der Waals surface area (Å²) < 4.78 is 5.37. The molecule has 18 heavy (non-hydrogen) atoms. The van der Waals surface area contributed by atoms with E-state index in [1.807, 2.05) is 0 Å². The van der Waals surface area contributed by atoms with Crippen molar-refractivity contribution in [3.05, 3.63) is 29.3 Å². The molecule has 1 aromatic carbocycles. The maximum Gasteiger partial charge on any atom is 0.260 e. The molecule has 0 aromatic heterocycles. The second-order valence-corrected chi connectivity index (χ2v) is 4.60. The predicted octanol–water partition coefficient (Wildman–Crippen LogP) is 1.91. The van der Waals surface area contributed by atoms with Crippen LogP contribution < -0.4 is 4.74 Å². The lowest BCUT2D eigenvalue weighted by molar-refractivity contribution is -0.136. The summed E-state index contributed by atoms with van der Waals surface area (Å²) in [5, 5.41) is 0.573. The van der Waals surface area contributed by atoms with Crippen molar-refractivity contribution in [3.63, 3.8) is 0 Å². The zero-order chi connectivity index (χ0) is 13.0. The van der Waals surface area contributed by atoms with Crippen LogP contribution in [0.25, 0.3) is 0 Å². The molecule has 1 amide bonds.